The van der Waals surface area contributed by atoms with Crippen molar-refractivity contribution in [2.75, 3.05) is 7.05 Å². The second-order valence-electron chi connectivity index (χ2n) is 6.42. The molecule has 4 rings (SSSR count). The molecule has 5 heteroatoms. The molecule has 0 unspecified atom stereocenters. The first-order valence-corrected chi connectivity index (χ1v) is 9.02. The number of nitrogens with zero attached hydrogens (tertiary/aromatic N) is 3. The third-order valence-corrected chi connectivity index (χ3v) is 5.47. The lowest BCUT2D eigenvalue weighted by molar-refractivity contribution is -0.128. The summed E-state index contributed by atoms with van der Waals surface area (Å²) in [5.41, 5.74) is 5.64. The molecule has 0 fully saturated rings. The minimum Gasteiger partial charge on any atom is -0.342 e. The Hall–Kier alpha value is -2.66. The minimum atomic E-state index is 0.0699. The van der Waals surface area contributed by atoms with Gasteiger partial charge in [0.1, 0.15) is 0 Å². The molecule has 0 aliphatic heterocycles. The minimum absolute atomic E-state index is 0.0699. The van der Waals surface area contributed by atoms with Crippen LogP contribution in [-0.2, 0) is 11.3 Å². The molecule has 0 bridgehead atoms. The fourth-order valence-corrected chi connectivity index (χ4v) is 4.02. The zero-order chi connectivity index (χ0) is 17.6. The fourth-order valence-electron chi connectivity index (χ4n) is 2.91. The zero-order valence-electron chi connectivity index (χ0n) is 14.5. The van der Waals surface area contributed by atoms with Crippen molar-refractivity contribution in [3.8, 4) is 11.3 Å². The van der Waals surface area contributed by atoms with Crippen molar-refractivity contribution in [1.29, 1.82) is 0 Å². The number of carbonyl (C=O) groups is 1. The molecule has 0 saturated heterocycles. The van der Waals surface area contributed by atoms with E-state index in [1.807, 2.05) is 7.05 Å². The second kappa shape index (κ2) is 6.01. The van der Waals surface area contributed by atoms with Gasteiger partial charge in [-0.1, -0.05) is 41.7 Å². The highest BCUT2D eigenvalue weighted by Crippen LogP contribution is 2.30. The largest absolute Gasteiger partial charge is 0.342 e. The van der Waals surface area contributed by atoms with E-state index in [1.54, 1.807) is 23.2 Å². The first-order valence-electron chi connectivity index (χ1n) is 8.20. The van der Waals surface area contributed by atoms with Gasteiger partial charge in [-0.2, -0.15) is 0 Å². The molecule has 1 amide bonds. The van der Waals surface area contributed by atoms with E-state index in [9.17, 15) is 4.79 Å². The van der Waals surface area contributed by atoms with Gasteiger partial charge in [-0.05, 0) is 30.2 Å². The van der Waals surface area contributed by atoms with Gasteiger partial charge >= 0.3 is 0 Å². The van der Waals surface area contributed by atoms with E-state index < -0.39 is 0 Å². The summed E-state index contributed by atoms with van der Waals surface area (Å²) in [7, 11) is 1.81. The van der Waals surface area contributed by atoms with Crippen LogP contribution in [0.4, 0.5) is 0 Å². The number of imidazole rings is 1. The molecule has 0 aliphatic rings. The number of rotatable bonds is 3. The predicted molar refractivity (Wildman–Crippen MR) is 103 cm³/mol. The fraction of sp³-hybridized carbons (Fsp3) is 0.200. The molecule has 0 radical (unpaired) electrons. The lowest BCUT2D eigenvalue weighted by Gasteiger charge is -2.14. The number of thiazole rings is 1. The summed E-state index contributed by atoms with van der Waals surface area (Å²) in [5.74, 6) is 0.0699. The van der Waals surface area contributed by atoms with E-state index in [4.69, 9.17) is 4.98 Å². The van der Waals surface area contributed by atoms with Gasteiger partial charge in [0.25, 0.3) is 0 Å². The Morgan fingerprint density at radius 1 is 1.20 bits per heavy atom. The predicted octanol–water partition coefficient (Wildman–Crippen LogP) is 4.50. The second-order valence-corrected chi connectivity index (χ2v) is 7.43. The van der Waals surface area contributed by atoms with E-state index in [1.165, 1.54) is 15.8 Å². The van der Waals surface area contributed by atoms with E-state index in [2.05, 4.69) is 60.0 Å². The zero-order valence-corrected chi connectivity index (χ0v) is 15.3. The van der Waals surface area contributed by atoms with Crippen LogP contribution in [0.25, 0.3) is 26.4 Å². The van der Waals surface area contributed by atoms with Gasteiger partial charge in [0, 0.05) is 32.3 Å². The third kappa shape index (κ3) is 2.91. The summed E-state index contributed by atoms with van der Waals surface area (Å²) < 4.78 is 3.42. The topological polar surface area (TPSA) is 37.6 Å². The number of carbonyl (C=O) groups excluding carboxylic acids is 1. The summed E-state index contributed by atoms with van der Waals surface area (Å²) in [6.45, 7) is 4.31. The number of hydrogen-bond donors (Lipinski definition) is 0. The Morgan fingerprint density at radius 2 is 1.96 bits per heavy atom. The van der Waals surface area contributed by atoms with Gasteiger partial charge in [0.05, 0.1) is 15.9 Å². The monoisotopic (exact) mass is 349 g/mol. The molecule has 4 aromatic rings. The van der Waals surface area contributed by atoms with Gasteiger partial charge in [-0.15, -0.1) is 0 Å². The van der Waals surface area contributed by atoms with E-state index in [0.717, 1.165) is 21.8 Å². The molecule has 0 spiro atoms. The number of aromatic nitrogens is 2. The molecule has 2 aromatic heterocycles. The van der Waals surface area contributed by atoms with Crippen molar-refractivity contribution in [2.45, 2.75) is 20.4 Å². The van der Waals surface area contributed by atoms with Crippen LogP contribution in [0.1, 0.15) is 18.1 Å². The highest BCUT2D eigenvalue weighted by atomic mass is 32.1. The molecule has 4 nitrogen and oxygen atoms in total. The smallest absolute Gasteiger partial charge is 0.219 e. The van der Waals surface area contributed by atoms with E-state index in [0.29, 0.717) is 6.54 Å². The molecular weight excluding hydrogens is 330 g/mol. The molecule has 2 heterocycles. The van der Waals surface area contributed by atoms with E-state index >= 15 is 0 Å². The van der Waals surface area contributed by atoms with Crippen LogP contribution in [0.15, 0.2) is 48.7 Å². The normalized spacial score (nSPS) is 11.3. The average molecular weight is 349 g/mol. The van der Waals surface area contributed by atoms with Crippen molar-refractivity contribution in [3.63, 3.8) is 0 Å². The number of amides is 1. The van der Waals surface area contributed by atoms with E-state index in [-0.39, 0.29) is 5.91 Å². The summed E-state index contributed by atoms with van der Waals surface area (Å²) in [5, 5.41) is 0. The SMILES string of the molecule is CC(=O)N(C)Cc1ccc(-c2cn3c(n2)sc2cc(C)ccc23)cc1. The maximum absolute atomic E-state index is 11.3. The Labute approximate surface area is 150 Å². The molecule has 25 heavy (non-hydrogen) atoms. The van der Waals surface area contributed by atoms with Crippen molar-refractivity contribution in [1.82, 2.24) is 14.3 Å². The van der Waals surface area contributed by atoms with Crippen LogP contribution in [0.2, 0.25) is 0 Å². The first kappa shape index (κ1) is 15.8. The quantitative estimate of drug-likeness (QED) is 0.546. The summed E-state index contributed by atoms with van der Waals surface area (Å²) in [6, 6.07) is 14.8. The van der Waals surface area contributed by atoms with Crippen LogP contribution in [0.5, 0.6) is 0 Å². The summed E-state index contributed by atoms with van der Waals surface area (Å²) in [6.07, 6.45) is 2.10. The summed E-state index contributed by atoms with van der Waals surface area (Å²) >= 11 is 1.71. The van der Waals surface area contributed by atoms with Gasteiger partial charge in [-0.25, -0.2) is 4.98 Å². The van der Waals surface area contributed by atoms with Gasteiger partial charge in [0.2, 0.25) is 5.91 Å². The standard InChI is InChI=1S/C20H19N3OS/c1-13-4-9-18-19(10-13)25-20-21-17(12-23(18)20)16-7-5-15(6-8-16)11-22(3)14(2)24/h4-10,12H,11H2,1-3H3. The van der Waals surface area contributed by atoms with Crippen LogP contribution in [0.3, 0.4) is 0 Å². The van der Waals surface area contributed by atoms with Crippen molar-refractivity contribution in [2.24, 2.45) is 0 Å². The van der Waals surface area contributed by atoms with Crippen LogP contribution >= 0.6 is 11.3 Å². The highest BCUT2D eigenvalue weighted by molar-refractivity contribution is 7.23. The molecule has 0 saturated carbocycles. The number of fused-ring (bicyclic) bond motifs is 3. The Kier molecular flexibility index (Phi) is 3.81. The van der Waals surface area contributed by atoms with Gasteiger partial charge < -0.3 is 4.90 Å². The number of hydrogen-bond acceptors (Lipinski definition) is 3. The Morgan fingerprint density at radius 3 is 2.68 bits per heavy atom. The maximum atomic E-state index is 11.3. The Bertz CT molecular complexity index is 1080. The molecule has 0 aliphatic carbocycles. The third-order valence-electron chi connectivity index (χ3n) is 4.46. The van der Waals surface area contributed by atoms with Crippen molar-refractivity contribution >= 4 is 32.4 Å². The lowest BCUT2D eigenvalue weighted by Crippen LogP contribution is -2.22. The maximum Gasteiger partial charge on any atom is 0.219 e. The molecular formula is C20H19N3OS. The molecule has 0 N–H and O–H groups in total. The highest BCUT2D eigenvalue weighted by Gasteiger charge is 2.11. The van der Waals surface area contributed by atoms with Crippen LogP contribution in [-0.4, -0.2) is 27.2 Å². The van der Waals surface area contributed by atoms with Crippen molar-refractivity contribution in [3.05, 3.63) is 59.8 Å². The summed E-state index contributed by atoms with van der Waals surface area (Å²) in [4.78, 5) is 18.8. The number of aryl methyl sites for hydroxylation is 1. The number of benzene rings is 2. The Balaban J connectivity index is 1.66. The molecule has 126 valence electrons. The van der Waals surface area contributed by atoms with Crippen LogP contribution < -0.4 is 0 Å². The van der Waals surface area contributed by atoms with Gasteiger partial charge in [-0.3, -0.25) is 9.20 Å². The van der Waals surface area contributed by atoms with Crippen LogP contribution in [0, 0.1) is 6.92 Å². The van der Waals surface area contributed by atoms with Crippen molar-refractivity contribution < 1.29 is 4.79 Å². The lowest BCUT2D eigenvalue weighted by atomic mass is 10.1. The molecule has 2 aromatic carbocycles. The first-order chi connectivity index (χ1) is 12.0. The van der Waals surface area contributed by atoms with Gasteiger partial charge in [0.15, 0.2) is 4.96 Å². The average Bonchev–Trinajstić information content (AvgIpc) is 3.12. The molecule has 0 atom stereocenters.